The van der Waals surface area contributed by atoms with Crippen LogP contribution < -0.4 is 15.1 Å². The van der Waals surface area contributed by atoms with Gasteiger partial charge in [-0.05, 0) is 43.2 Å². The number of aromatic amines is 1. The Morgan fingerprint density at radius 2 is 2.17 bits per heavy atom. The molecule has 0 radical (unpaired) electrons. The molecular weight excluding hydrogens is 374 g/mol. The second kappa shape index (κ2) is 8.87. The van der Waals surface area contributed by atoms with Crippen molar-refractivity contribution in [3.05, 3.63) is 59.9 Å². The Morgan fingerprint density at radius 1 is 1.27 bits per heavy atom. The molecule has 7 heteroatoms. The molecule has 1 aliphatic heterocycles. The summed E-state index contributed by atoms with van der Waals surface area (Å²) in [6.45, 7) is 4.03. The lowest BCUT2D eigenvalue weighted by atomic mass is 10.2. The van der Waals surface area contributed by atoms with Crippen LogP contribution in [0, 0.1) is 11.3 Å². The minimum absolute atomic E-state index is 0.428. The normalized spacial score (nSPS) is 15.8. The first kappa shape index (κ1) is 19.8. The summed E-state index contributed by atoms with van der Waals surface area (Å²) >= 11 is 0. The molecular formula is C23H27N7. The van der Waals surface area contributed by atoms with E-state index in [1.54, 1.807) is 6.07 Å². The van der Waals surface area contributed by atoms with E-state index in [9.17, 15) is 0 Å². The van der Waals surface area contributed by atoms with Crippen molar-refractivity contribution in [3.8, 4) is 6.07 Å². The smallest absolute Gasteiger partial charge is 0.229 e. The zero-order chi connectivity index (χ0) is 20.9. The van der Waals surface area contributed by atoms with Gasteiger partial charge in [0, 0.05) is 49.8 Å². The number of hydrogen-bond donors (Lipinski definition) is 2. The van der Waals surface area contributed by atoms with E-state index in [1.807, 2.05) is 30.5 Å². The molecule has 0 unspecified atom stereocenters. The number of H-pyrrole nitrogens is 1. The third-order valence-corrected chi connectivity index (χ3v) is 5.52. The fourth-order valence-electron chi connectivity index (χ4n) is 3.88. The molecule has 3 aromatic rings. The van der Waals surface area contributed by atoms with Gasteiger partial charge < -0.3 is 20.1 Å². The quantitative estimate of drug-likeness (QED) is 0.620. The van der Waals surface area contributed by atoms with E-state index in [2.05, 4.69) is 52.3 Å². The number of nitriles is 1. The molecule has 7 nitrogen and oxygen atoms in total. The van der Waals surface area contributed by atoms with Crippen LogP contribution in [0.5, 0.6) is 0 Å². The van der Waals surface area contributed by atoms with Gasteiger partial charge in [0.15, 0.2) is 0 Å². The summed E-state index contributed by atoms with van der Waals surface area (Å²) in [5, 5.41) is 12.4. The summed E-state index contributed by atoms with van der Waals surface area (Å²) in [4.78, 5) is 17.4. The molecule has 0 aliphatic carbocycles. The van der Waals surface area contributed by atoms with Gasteiger partial charge in [-0.1, -0.05) is 19.4 Å². The number of hydrogen-bond acceptors (Lipinski definition) is 6. The van der Waals surface area contributed by atoms with Crippen molar-refractivity contribution in [1.82, 2.24) is 15.0 Å². The molecule has 1 saturated heterocycles. The van der Waals surface area contributed by atoms with Crippen molar-refractivity contribution in [2.24, 2.45) is 0 Å². The Morgan fingerprint density at radius 3 is 2.93 bits per heavy atom. The third-order valence-electron chi connectivity index (χ3n) is 5.52. The first-order valence-electron chi connectivity index (χ1n) is 10.4. The maximum Gasteiger partial charge on any atom is 0.229 e. The minimum atomic E-state index is 0.428. The lowest BCUT2D eigenvalue weighted by Gasteiger charge is -2.26. The van der Waals surface area contributed by atoms with Gasteiger partial charge in [0.2, 0.25) is 5.95 Å². The van der Waals surface area contributed by atoms with E-state index < -0.39 is 0 Å². The first-order valence-corrected chi connectivity index (χ1v) is 10.4. The van der Waals surface area contributed by atoms with Crippen LogP contribution in [0.4, 0.5) is 23.3 Å². The summed E-state index contributed by atoms with van der Waals surface area (Å²) in [6, 6.07) is 16.2. The summed E-state index contributed by atoms with van der Waals surface area (Å²) in [5.74, 6) is 2.66. The molecule has 1 fully saturated rings. The van der Waals surface area contributed by atoms with Crippen LogP contribution in [-0.2, 0) is 6.42 Å². The van der Waals surface area contributed by atoms with Crippen molar-refractivity contribution in [1.29, 1.82) is 5.26 Å². The number of nitrogens with one attached hydrogen (secondary N) is 2. The van der Waals surface area contributed by atoms with E-state index in [4.69, 9.17) is 15.2 Å². The van der Waals surface area contributed by atoms with Crippen LogP contribution in [0.3, 0.4) is 0 Å². The predicted molar refractivity (Wildman–Crippen MR) is 120 cm³/mol. The van der Waals surface area contributed by atoms with Crippen molar-refractivity contribution < 1.29 is 0 Å². The standard InChI is InChI=1S/C23H27N7/c1-3-6-18-14-22(28-23(26-18)27-19-8-4-7-17(13-19)15-24)30-12-10-20(16-30)29(2)21-9-5-11-25-21/h4-5,7-9,11,13-14,20,25H,3,6,10,12,16H2,1-2H3,(H,26,27,28)/t20-/m0/s1. The maximum absolute atomic E-state index is 9.15. The minimum Gasteiger partial charge on any atom is -0.356 e. The fourth-order valence-corrected chi connectivity index (χ4v) is 3.88. The second-order valence-electron chi connectivity index (χ2n) is 7.66. The molecule has 30 heavy (non-hydrogen) atoms. The lowest BCUT2D eigenvalue weighted by molar-refractivity contribution is 0.685. The highest BCUT2D eigenvalue weighted by Gasteiger charge is 2.27. The molecule has 0 amide bonds. The molecule has 2 N–H and O–H groups in total. The molecule has 0 spiro atoms. The zero-order valence-corrected chi connectivity index (χ0v) is 17.5. The number of rotatable bonds is 7. The molecule has 3 heterocycles. The highest BCUT2D eigenvalue weighted by atomic mass is 15.3. The van der Waals surface area contributed by atoms with Crippen LogP contribution in [0.15, 0.2) is 48.7 Å². The molecule has 4 rings (SSSR count). The highest BCUT2D eigenvalue weighted by molar-refractivity contribution is 5.58. The van der Waals surface area contributed by atoms with E-state index in [1.165, 1.54) is 0 Å². The van der Waals surface area contributed by atoms with Crippen molar-refractivity contribution in [3.63, 3.8) is 0 Å². The van der Waals surface area contributed by atoms with Crippen molar-refractivity contribution in [2.75, 3.05) is 35.3 Å². The average Bonchev–Trinajstić information content (AvgIpc) is 3.46. The monoisotopic (exact) mass is 401 g/mol. The van der Waals surface area contributed by atoms with Crippen molar-refractivity contribution in [2.45, 2.75) is 32.2 Å². The van der Waals surface area contributed by atoms with Crippen LogP contribution in [-0.4, -0.2) is 41.1 Å². The highest BCUT2D eigenvalue weighted by Crippen LogP contribution is 2.26. The Balaban J connectivity index is 1.55. The lowest BCUT2D eigenvalue weighted by Crippen LogP contribution is -2.35. The molecule has 2 aromatic heterocycles. The number of anilines is 4. The number of aromatic nitrogens is 3. The van der Waals surface area contributed by atoms with E-state index in [-0.39, 0.29) is 0 Å². The number of benzene rings is 1. The molecule has 154 valence electrons. The van der Waals surface area contributed by atoms with Gasteiger partial charge in [0.1, 0.15) is 11.6 Å². The molecule has 0 saturated carbocycles. The predicted octanol–water partition coefficient (Wildman–Crippen LogP) is 4.09. The van der Waals surface area contributed by atoms with Gasteiger partial charge in [0.05, 0.1) is 11.6 Å². The Bertz CT molecular complexity index is 1020. The van der Waals surface area contributed by atoms with E-state index in [0.717, 1.165) is 55.4 Å². The van der Waals surface area contributed by atoms with E-state index in [0.29, 0.717) is 17.6 Å². The number of nitrogens with zero attached hydrogens (tertiary/aromatic N) is 5. The van der Waals surface area contributed by atoms with Gasteiger partial charge in [-0.2, -0.15) is 10.2 Å². The summed E-state index contributed by atoms with van der Waals surface area (Å²) in [6.07, 6.45) is 4.97. The van der Waals surface area contributed by atoms with E-state index >= 15 is 0 Å². The van der Waals surface area contributed by atoms with Crippen LogP contribution in [0.2, 0.25) is 0 Å². The van der Waals surface area contributed by atoms with Crippen LogP contribution in [0.1, 0.15) is 31.0 Å². The Kier molecular flexibility index (Phi) is 5.84. The summed E-state index contributed by atoms with van der Waals surface area (Å²) in [7, 11) is 2.14. The SMILES string of the molecule is CCCc1cc(N2CC[C@H](N(C)c3ccc[nH]3)C2)nc(Nc2cccc(C#N)c2)n1. The zero-order valence-electron chi connectivity index (χ0n) is 17.5. The number of aryl methyl sites for hydroxylation is 1. The van der Waals surface area contributed by atoms with Gasteiger partial charge in [-0.15, -0.1) is 0 Å². The summed E-state index contributed by atoms with van der Waals surface area (Å²) in [5.41, 5.74) is 2.46. The van der Waals surface area contributed by atoms with Gasteiger partial charge in [-0.3, -0.25) is 0 Å². The Hall–Kier alpha value is -3.53. The number of likely N-dealkylation sites (N-methyl/N-ethyl adjacent to an activating group) is 1. The largest absolute Gasteiger partial charge is 0.356 e. The molecule has 1 aliphatic rings. The van der Waals surface area contributed by atoms with Gasteiger partial charge in [-0.25, -0.2) is 4.98 Å². The third kappa shape index (κ3) is 4.38. The van der Waals surface area contributed by atoms with Crippen LogP contribution >= 0.6 is 0 Å². The van der Waals surface area contributed by atoms with Crippen LogP contribution in [0.25, 0.3) is 0 Å². The van der Waals surface area contributed by atoms with Crippen molar-refractivity contribution >= 4 is 23.3 Å². The fraction of sp³-hybridized carbons (Fsp3) is 0.348. The average molecular weight is 402 g/mol. The Labute approximate surface area is 177 Å². The maximum atomic E-state index is 9.15. The van der Waals surface area contributed by atoms with Gasteiger partial charge in [0.25, 0.3) is 0 Å². The molecule has 1 atom stereocenters. The second-order valence-corrected chi connectivity index (χ2v) is 7.66. The first-order chi connectivity index (χ1) is 14.7. The topological polar surface area (TPSA) is 83.9 Å². The van der Waals surface area contributed by atoms with Gasteiger partial charge >= 0.3 is 0 Å². The molecule has 0 bridgehead atoms. The summed E-state index contributed by atoms with van der Waals surface area (Å²) < 4.78 is 0. The molecule has 1 aromatic carbocycles.